The molecule has 1 aromatic heterocycles. The highest BCUT2D eigenvalue weighted by Gasteiger charge is 2.11. The summed E-state index contributed by atoms with van der Waals surface area (Å²) in [7, 11) is 0. The summed E-state index contributed by atoms with van der Waals surface area (Å²) in [6.07, 6.45) is 0. The minimum atomic E-state index is -0.524. The first-order valence-corrected chi connectivity index (χ1v) is 7.68. The first kappa shape index (κ1) is 15.8. The normalized spacial score (nSPS) is 10.7. The summed E-state index contributed by atoms with van der Waals surface area (Å²) < 4.78 is 2.33. The molecule has 0 unspecified atom stereocenters. The lowest BCUT2D eigenvalue weighted by Gasteiger charge is -2.12. The van der Waals surface area contributed by atoms with Gasteiger partial charge in [-0.2, -0.15) is 0 Å². The van der Waals surface area contributed by atoms with Crippen molar-refractivity contribution >= 4 is 0 Å². The smallest absolute Gasteiger partial charge is 0.334 e. The van der Waals surface area contributed by atoms with Crippen molar-refractivity contribution in [2.24, 2.45) is 0 Å². The third kappa shape index (κ3) is 3.30. The number of aromatic hydroxyl groups is 1. The van der Waals surface area contributed by atoms with E-state index >= 15 is 0 Å². The number of nitrogens with zero attached hydrogens (tertiary/aromatic N) is 2. The molecule has 0 radical (unpaired) electrons. The fourth-order valence-corrected chi connectivity index (χ4v) is 2.54. The van der Waals surface area contributed by atoms with Crippen molar-refractivity contribution in [3.63, 3.8) is 0 Å². The molecule has 0 saturated heterocycles. The summed E-state index contributed by atoms with van der Waals surface area (Å²) >= 11 is 0. The summed E-state index contributed by atoms with van der Waals surface area (Å²) in [5.74, 6) is -0.325. The molecule has 3 aromatic rings. The predicted molar refractivity (Wildman–Crippen MR) is 92.5 cm³/mol. The second-order valence-corrected chi connectivity index (χ2v) is 5.77. The number of aryl methyl sites for hydroxylation is 1. The van der Waals surface area contributed by atoms with Crippen LogP contribution in [0.3, 0.4) is 0 Å². The Morgan fingerprint density at radius 3 is 2.08 bits per heavy atom. The van der Waals surface area contributed by atoms with Crippen LogP contribution in [-0.2, 0) is 13.1 Å². The molecule has 0 saturated carbocycles. The zero-order valence-electron chi connectivity index (χ0n) is 13.3. The van der Waals surface area contributed by atoms with Crippen LogP contribution in [0.1, 0.15) is 16.7 Å². The monoisotopic (exact) mass is 322 g/mol. The number of hydrogen-bond acceptors (Lipinski definition) is 3. The highest BCUT2D eigenvalue weighted by molar-refractivity contribution is 5.22. The maximum absolute atomic E-state index is 12.7. The van der Waals surface area contributed by atoms with Gasteiger partial charge in [0.25, 0.3) is 5.56 Å². The van der Waals surface area contributed by atoms with Crippen LogP contribution < -0.4 is 11.2 Å². The molecule has 0 amide bonds. The minimum Gasteiger partial charge on any atom is -0.494 e. The van der Waals surface area contributed by atoms with E-state index in [1.54, 1.807) is 0 Å². The summed E-state index contributed by atoms with van der Waals surface area (Å²) in [5.41, 5.74) is 1.80. The molecule has 0 aliphatic rings. The lowest BCUT2D eigenvalue weighted by atomic mass is 10.1. The maximum atomic E-state index is 12.7. The average Bonchev–Trinajstić information content (AvgIpc) is 2.58. The zero-order valence-corrected chi connectivity index (χ0v) is 13.3. The fraction of sp³-hybridized carbons (Fsp3) is 0.158. The van der Waals surface area contributed by atoms with Gasteiger partial charge in [-0.05, 0) is 18.1 Å². The summed E-state index contributed by atoms with van der Waals surface area (Å²) in [4.78, 5) is 24.8. The Bertz CT molecular complexity index is 955. The van der Waals surface area contributed by atoms with Gasteiger partial charge in [-0.25, -0.2) is 4.79 Å². The summed E-state index contributed by atoms with van der Waals surface area (Å²) in [6.45, 7) is 2.36. The molecule has 0 aliphatic carbocycles. The van der Waals surface area contributed by atoms with Gasteiger partial charge in [-0.3, -0.25) is 13.9 Å². The van der Waals surface area contributed by atoms with E-state index in [0.29, 0.717) is 0 Å². The lowest BCUT2D eigenvalue weighted by molar-refractivity contribution is 0.400. The van der Waals surface area contributed by atoms with E-state index in [-0.39, 0.29) is 19.0 Å². The molecule has 122 valence electrons. The van der Waals surface area contributed by atoms with Crippen LogP contribution in [0.25, 0.3) is 0 Å². The topological polar surface area (TPSA) is 64.2 Å². The number of hydrogen-bond donors (Lipinski definition) is 1. The number of benzene rings is 2. The van der Waals surface area contributed by atoms with Crippen LogP contribution in [0.5, 0.6) is 5.88 Å². The van der Waals surface area contributed by atoms with Crippen molar-refractivity contribution in [1.82, 2.24) is 9.13 Å². The quantitative estimate of drug-likeness (QED) is 0.800. The Hall–Kier alpha value is -3.08. The third-order valence-electron chi connectivity index (χ3n) is 3.90. The Labute approximate surface area is 139 Å². The lowest BCUT2D eigenvalue weighted by Crippen LogP contribution is -2.39. The third-order valence-corrected chi connectivity index (χ3v) is 3.90. The van der Waals surface area contributed by atoms with E-state index in [4.69, 9.17) is 0 Å². The average molecular weight is 322 g/mol. The molecule has 5 heteroatoms. The van der Waals surface area contributed by atoms with Gasteiger partial charge >= 0.3 is 5.69 Å². The highest BCUT2D eigenvalue weighted by atomic mass is 16.3. The molecule has 0 aliphatic heterocycles. The van der Waals surface area contributed by atoms with Crippen molar-refractivity contribution in [1.29, 1.82) is 0 Å². The second-order valence-electron chi connectivity index (χ2n) is 5.77. The van der Waals surface area contributed by atoms with Gasteiger partial charge in [0, 0.05) is 0 Å². The molecule has 3 rings (SSSR count). The zero-order chi connectivity index (χ0) is 17.1. The molecule has 0 spiro atoms. The van der Waals surface area contributed by atoms with Gasteiger partial charge in [0.05, 0.1) is 19.2 Å². The van der Waals surface area contributed by atoms with Crippen molar-refractivity contribution < 1.29 is 5.11 Å². The fourth-order valence-electron chi connectivity index (χ4n) is 2.54. The molecular weight excluding hydrogens is 304 g/mol. The van der Waals surface area contributed by atoms with Gasteiger partial charge < -0.3 is 5.11 Å². The first-order valence-electron chi connectivity index (χ1n) is 7.68. The van der Waals surface area contributed by atoms with Crippen LogP contribution >= 0.6 is 0 Å². The van der Waals surface area contributed by atoms with Crippen molar-refractivity contribution in [2.75, 3.05) is 0 Å². The van der Waals surface area contributed by atoms with Gasteiger partial charge in [0.1, 0.15) is 0 Å². The predicted octanol–water partition coefficient (Wildman–Crippen LogP) is 2.12. The van der Waals surface area contributed by atoms with Crippen molar-refractivity contribution in [2.45, 2.75) is 20.0 Å². The molecule has 24 heavy (non-hydrogen) atoms. The molecule has 1 heterocycles. The Morgan fingerprint density at radius 1 is 0.833 bits per heavy atom. The number of rotatable bonds is 4. The maximum Gasteiger partial charge on any atom is 0.334 e. The van der Waals surface area contributed by atoms with E-state index in [1.165, 1.54) is 4.57 Å². The Kier molecular flexibility index (Phi) is 4.33. The van der Waals surface area contributed by atoms with Gasteiger partial charge in [-0.15, -0.1) is 0 Å². The number of aromatic nitrogens is 2. The Morgan fingerprint density at radius 2 is 1.42 bits per heavy atom. The van der Waals surface area contributed by atoms with Crippen LogP contribution in [0.15, 0.2) is 70.3 Å². The molecular formula is C19H18N2O3. The molecule has 1 N–H and O–H groups in total. The van der Waals surface area contributed by atoms with E-state index in [2.05, 4.69) is 0 Å². The van der Waals surface area contributed by atoms with Crippen LogP contribution in [-0.4, -0.2) is 14.2 Å². The molecule has 5 nitrogen and oxygen atoms in total. The minimum absolute atomic E-state index is 0.174. The Balaban J connectivity index is 2.01. The van der Waals surface area contributed by atoms with E-state index in [1.807, 2.05) is 61.5 Å². The van der Waals surface area contributed by atoms with Crippen LogP contribution in [0.2, 0.25) is 0 Å². The largest absolute Gasteiger partial charge is 0.494 e. The standard InChI is InChI=1S/C19H18N2O3/c1-14-7-9-16(10-8-14)13-21-18(23)11-17(22)20(19(21)24)12-15-5-3-2-4-6-15/h2-11,22H,12-13H2,1H3. The second kappa shape index (κ2) is 6.58. The molecule has 0 fully saturated rings. The van der Waals surface area contributed by atoms with E-state index in [0.717, 1.165) is 27.3 Å². The van der Waals surface area contributed by atoms with Gasteiger partial charge in [0.15, 0.2) is 0 Å². The van der Waals surface area contributed by atoms with E-state index < -0.39 is 11.2 Å². The van der Waals surface area contributed by atoms with Crippen molar-refractivity contribution in [3.05, 3.63) is 98.2 Å². The summed E-state index contributed by atoms with van der Waals surface area (Å²) in [6, 6.07) is 18.0. The highest BCUT2D eigenvalue weighted by Crippen LogP contribution is 2.08. The first-order chi connectivity index (χ1) is 11.5. The molecule has 0 bridgehead atoms. The van der Waals surface area contributed by atoms with E-state index in [9.17, 15) is 14.7 Å². The van der Waals surface area contributed by atoms with Crippen molar-refractivity contribution in [3.8, 4) is 5.88 Å². The SMILES string of the molecule is Cc1ccc(Cn2c(=O)cc(O)n(Cc3ccccc3)c2=O)cc1. The van der Waals surface area contributed by atoms with Crippen LogP contribution in [0.4, 0.5) is 0 Å². The molecule has 0 atom stereocenters. The van der Waals surface area contributed by atoms with Crippen LogP contribution in [0, 0.1) is 6.92 Å². The van der Waals surface area contributed by atoms with Gasteiger partial charge in [0.2, 0.25) is 5.88 Å². The summed E-state index contributed by atoms with van der Waals surface area (Å²) in [5, 5.41) is 10.0. The van der Waals surface area contributed by atoms with Gasteiger partial charge in [-0.1, -0.05) is 60.2 Å². The molecule has 2 aromatic carbocycles.